The number of benzene rings is 1. The number of nitrogens with one attached hydrogen (secondary N) is 1. The Kier molecular flexibility index (Phi) is 4.88. The van der Waals surface area contributed by atoms with Gasteiger partial charge in [-0.15, -0.1) is 0 Å². The molecule has 2 amide bonds. The van der Waals surface area contributed by atoms with Crippen LogP contribution in [0, 0.1) is 10.1 Å². The first-order valence-electron chi connectivity index (χ1n) is 7.04. The minimum Gasteiger partial charge on any atom is -0.353 e. The van der Waals surface area contributed by atoms with E-state index in [1.165, 1.54) is 23.1 Å². The van der Waals surface area contributed by atoms with Gasteiger partial charge in [0.25, 0.3) is 5.69 Å². The summed E-state index contributed by atoms with van der Waals surface area (Å²) in [6.45, 7) is 2.69. The Labute approximate surface area is 127 Å². The Morgan fingerprint density at radius 3 is 2.91 bits per heavy atom. The van der Waals surface area contributed by atoms with E-state index >= 15 is 0 Å². The van der Waals surface area contributed by atoms with Gasteiger partial charge < -0.3 is 10.2 Å². The zero-order valence-corrected chi connectivity index (χ0v) is 12.2. The average Bonchev–Trinajstić information content (AvgIpc) is 2.52. The Hall–Kier alpha value is -2.70. The molecule has 1 aliphatic rings. The fourth-order valence-corrected chi connectivity index (χ4v) is 2.44. The second-order valence-electron chi connectivity index (χ2n) is 4.90. The maximum absolute atomic E-state index is 12.3. The van der Waals surface area contributed by atoms with Gasteiger partial charge in [0, 0.05) is 25.2 Å². The van der Waals surface area contributed by atoms with Crippen molar-refractivity contribution in [2.45, 2.75) is 19.4 Å². The molecule has 0 spiro atoms. The first-order valence-corrected chi connectivity index (χ1v) is 7.04. The highest BCUT2D eigenvalue weighted by Gasteiger charge is 2.30. The Morgan fingerprint density at radius 2 is 2.23 bits per heavy atom. The number of hydrogen-bond donors (Lipinski definition) is 1. The molecular weight excluding hydrogens is 286 g/mol. The molecule has 1 heterocycles. The minimum atomic E-state index is -0.493. The van der Waals surface area contributed by atoms with E-state index in [-0.39, 0.29) is 17.5 Å². The average molecular weight is 303 g/mol. The van der Waals surface area contributed by atoms with Gasteiger partial charge in [0.1, 0.15) is 6.04 Å². The van der Waals surface area contributed by atoms with Crippen molar-refractivity contribution in [1.82, 2.24) is 10.2 Å². The van der Waals surface area contributed by atoms with Gasteiger partial charge in [-0.1, -0.05) is 19.1 Å². The van der Waals surface area contributed by atoms with Crippen LogP contribution in [0.3, 0.4) is 0 Å². The minimum absolute atomic E-state index is 0.0602. The van der Waals surface area contributed by atoms with Crippen molar-refractivity contribution in [3.63, 3.8) is 0 Å². The molecule has 116 valence electrons. The van der Waals surface area contributed by atoms with Crippen LogP contribution < -0.4 is 5.32 Å². The number of hydrogen-bond acceptors (Lipinski definition) is 4. The van der Waals surface area contributed by atoms with Gasteiger partial charge >= 0.3 is 0 Å². The molecule has 1 N–H and O–H groups in total. The van der Waals surface area contributed by atoms with Crippen LogP contribution in [-0.4, -0.2) is 40.8 Å². The molecule has 1 fully saturated rings. The third-order valence-corrected chi connectivity index (χ3v) is 3.54. The molecule has 0 bridgehead atoms. The maximum Gasteiger partial charge on any atom is 0.276 e. The Bertz CT molecular complexity index is 627. The number of carbonyl (C=O) groups is 2. The summed E-state index contributed by atoms with van der Waals surface area (Å²) in [5.41, 5.74) is 0.297. The standard InChI is InChI=1S/C15H17N3O4/c1-2-12-15(20)16-9-10-17(12)14(19)8-7-11-5-3-4-6-13(11)18(21)22/h3-8,12H,2,9-10H2,1H3,(H,16,20)/b8-7+. The molecule has 7 heteroatoms. The highest BCUT2D eigenvalue weighted by Crippen LogP contribution is 2.19. The molecule has 1 aromatic rings. The van der Waals surface area contributed by atoms with Crippen LogP contribution in [0.2, 0.25) is 0 Å². The van der Waals surface area contributed by atoms with Crippen LogP contribution in [0.4, 0.5) is 5.69 Å². The Morgan fingerprint density at radius 1 is 1.50 bits per heavy atom. The molecule has 7 nitrogen and oxygen atoms in total. The lowest BCUT2D eigenvalue weighted by Gasteiger charge is -2.33. The summed E-state index contributed by atoms with van der Waals surface area (Å²) in [6, 6.07) is 5.70. The van der Waals surface area contributed by atoms with Crippen molar-refractivity contribution >= 4 is 23.6 Å². The maximum atomic E-state index is 12.3. The fraction of sp³-hybridized carbons (Fsp3) is 0.333. The molecule has 1 atom stereocenters. The number of rotatable bonds is 4. The van der Waals surface area contributed by atoms with Crippen LogP contribution >= 0.6 is 0 Å². The second kappa shape index (κ2) is 6.84. The van der Waals surface area contributed by atoms with E-state index in [0.29, 0.717) is 25.1 Å². The van der Waals surface area contributed by atoms with Gasteiger partial charge in [-0.05, 0) is 18.6 Å². The van der Waals surface area contributed by atoms with E-state index in [0.717, 1.165) is 0 Å². The van der Waals surface area contributed by atoms with Gasteiger partial charge in [0.2, 0.25) is 11.8 Å². The molecule has 0 aromatic heterocycles. The molecule has 2 rings (SSSR count). The number of nitro benzene ring substituents is 1. The molecule has 0 aliphatic carbocycles. The number of nitro groups is 1. The molecule has 1 aliphatic heterocycles. The fourth-order valence-electron chi connectivity index (χ4n) is 2.44. The highest BCUT2D eigenvalue weighted by atomic mass is 16.6. The van der Waals surface area contributed by atoms with E-state index in [9.17, 15) is 19.7 Å². The van der Waals surface area contributed by atoms with Crippen LogP contribution in [0.5, 0.6) is 0 Å². The molecular formula is C15H17N3O4. The highest BCUT2D eigenvalue weighted by molar-refractivity contribution is 5.96. The van der Waals surface area contributed by atoms with Gasteiger partial charge in [-0.3, -0.25) is 19.7 Å². The van der Waals surface area contributed by atoms with E-state index in [2.05, 4.69) is 5.32 Å². The summed E-state index contributed by atoms with van der Waals surface area (Å²) in [4.78, 5) is 35.9. The summed E-state index contributed by atoms with van der Waals surface area (Å²) < 4.78 is 0. The van der Waals surface area contributed by atoms with Gasteiger partial charge in [-0.2, -0.15) is 0 Å². The van der Waals surface area contributed by atoms with Crippen molar-refractivity contribution in [2.24, 2.45) is 0 Å². The molecule has 0 saturated carbocycles. The number of nitrogens with zero attached hydrogens (tertiary/aromatic N) is 2. The lowest BCUT2D eigenvalue weighted by molar-refractivity contribution is -0.385. The molecule has 0 radical (unpaired) electrons. The normalized spacial score (nSPS) is 18.3. The summed E-state index contributed by atoms with van der Waals surface area (Å²) in [6.07, 6.45) is 3.22. The number of para-hydroxylation sites is 1. The third kappa shape index (κ3) is 3.30. The molecule has 1 aromatic carbocycles. The van der Waals surface area contributed by atoms with Crippen molar-refractivity contribution in [3.05, 3.63) is 46.0 Å². The zero-order valence-electron chi connectivity index (χ0n) is 12.2. The first-order chi connectivity index (χ1) is 10.5. The summed E-state index contributed by atoms with van der Waals surface area (Å²) in [5.74, 6) is -0.485. The van der Waals surface area contributed by atoms with Crippen LogP contribution in [0.25, 0.3) is 6.08 Å². The van der Waals surface area contributed by atoms with Crippen molar-refractivity contribution < 1.29 is 14.5 Å². The predicted octanol–water partition coefficient (Wildman–Crippen LogP) is 1.34. The predicted molar refractivity (Wildman–Crippen MR) is 80.9 cm³/mol. The van der Waals surface area contributed by atoms with Crippen molar-refractivity contribution in [1.29, 1.82) is 0 Å². The first kappa shape index (κ1) is 15.7. The number of piperazine rings is 1. The molecule has 22 heavy (non-hydrogen) atoms. The van der Waals surface area contributed by atoms with Crippen LogP contribution in [-0.2, 0) is 9.59 Å². The Balaban J connectivity index is 2.18. The van der Waals surface area contributed by atoms with Gasteiger partial charge in [0.05, 0.1) is 10.5 Å². The van der Waals surface area contributed by atoms with Gasteiger partial charge in [0.15, 0.2) is 0 Å². The van der Waals surface area contributed by atoms with Gasteiger partial charge in [-0.25, -0.2) is 0 Å². The topological polar surface area (TPSA) is 92.6 Å². The van der Waals surface area contributed by atoms with Crippen LogP contribution in [0.1, 0.15) is 18.9 Å². The summed E-state index contributed by atoms with van der Waals surface area (Å²) in [7, 11) is 0. The monoisotopic (exact) mass is 303 g/mol. The third-order valence-electron chi connectivity index (χ3n) is 3.54. The number of carbonyl (C=O) groups excluding carboxylic acids is 2. The summed E-state index contributed by atoms with van der Waals surface area (Å²) >= 11 is 0. The lowest BCUT2D eigenvalue weighted by atomic mass is 10.1. The largest absolute Gasteiger partial charge is 0.353 e. The smallest absolute Gasteiger partial charge is 0.276 e. The lowest BCUT2D eigenvalue weighted by Crippen LogP contribution is -2.56. The van der Waals surface area contributed by atoms with Crippen molar-refractivity contribution in [3.8, 4) is 0 Å². The summed E-state index contributed by atoms with van der Waals surface area (Å²) in [5, 5.41) is 13.7. The van der Waals surface area contributed by atoms with E-state index in [4.69, 9.17) is 0 Å². The van der Waals surface area contributed by atoms with E-state index < -0.39 is 11.0 Å². The van der Waals surface area contributed by atoms with E-state index in [1.807, 2.05) is 6.92 Å². The van der Waals surface area contributed by atoms with Crippen molar-refractivity contribution in [2.75, 3.05) is 13.1 Å². The number of amides is 2. The SMILES string of the molecule is CCC1C(=O)NCCN1C(=O)/C=C/c1ccccc1[N+](=O)[O-]. The zero-order chi connectivity index (χ0) is 16.1. The molecule has 1 saturated heterocycles. The second-order valence-corrected chi connectivity index (χ2v) is 4.90. The van der Waals surface area contributed by atoms with E-state index in [1.54, 1.807) is 18.2 Å². The quantitative estimate of drug-likeness (QED) is 0.516. The molecule has 1 unspecified atom stereocenters. The van der Waals surface area contributed by atoms with Crippen LogP contribution in [0.15, 0.2) is 30.3 Å².